The Balaban J connectivity index is 2.19. The van der Waals surface area contributed by atoms with Crippen molar-refractivity contribution in [3.05, 3.63) is 40.0 Å². The van der Waals surface area contributed by atoms with Crippen LogP contribution in [0.15, 0.2) is 28.7 Å². The van der Waals surface area contributed by atoms with E-state index in [4.69, 9.17) is 5.73 Å². The number of nitrogens with two attached hydrogens (primary N) is 1. The van der Waals surface area contributed by atoms with Gasteiger partial charge in [-0.2, -0.15) is 4.31 Å². The van der Waals surface area contributed by atoms with Crippen molar-refractivity contribution in [3.63, 3.8) is 0 Å². The molecular weight excluding hydrogens is 296 g/mol. The molecule has 0 fully saturated rings. The van der Waals surface area contributed by atoms with Crippen molar-refractivity contribution in [2.24, 2.45) is 5.73 Å². The van der Waals surface area contributed by atoms with Crippen molar-refractivity contribution >= 4 is 21.4 Å². The van der Waals surface area contributed by atoms with E-state index in [9.17, 15) is 8.42 Å². The summed E-state index contributed by atoms with van der Waals surface area (Å²) in [6, 6.07) is 3.14. The predicted molar refractivity (Wildman–Crippen MR) is 77.6 cm³/mol. The van der Waals surface area contributed by atoms with E-state index in [-0.39, 0.29) is 11.6 Å². The van der Waals surface area contributed by atoms with Crippen LogP contribution in [0.3, 0.4) is 0 Å². The second-order valence-corrected chi connectivity index (χ2v) is 7.38. The van der Waals surface area contributed by atoms with Crippen LogP contribution >= 0.6 is 11.3 Å². The maximum Gasteiger partial charge on any atom is 0.260 e. The highest BCUT2D eigenvalue weighted by Gasteiger charge is 2.22. The van der Waals surface area contributed by atoms with Crippen molar-refractivity contribution in [2.75, 3.05) is 7.05 Å². The molecule has 0 saturated carbocycles. The van der Waals surface area contributed by atoms with Crippen molar-refractivity contribution in [2.45, 2.75) is 25.0 Å². The number of aromatic nitrogens is 2. The molecule has 20 heavy (non-hydrogen) atoms. The number of pyridine rings is 1. The Hall–Kier alpha value is -1.35. The zero-order valence-corrected chi connectivity index (χ0v) is 12.9. The van der Waals surface area contributed by atoms with Crippen molar-refractivity contribution < 1.29 is 8.42 Å². The Morgan fingerprint density at radius 1 is 1.40 bits per heavy atom. The third-order valence-corrected chi connectivity index (χ3v) is 5.30. The Labute approximate surface area is 122 Å². The first kappa shape index (κ1) is 15.0. The summed E-state index contributed by atoms with van der Waals surface area (Å²) in [5, 5.41) is 2.78. The van der Waals surface area contributed by atoms with E-state index in [1.54, 1.807) is 6.07 Å². The van der Waals surface area contributed by atoms with Gasteiger partial charge >= 0.3 is 0 Å². The molecule has 2 heterocycles. The van der Waals surface area contributed by atoms with Gasteiger partial charge in [-0.3, -0.25) is 0 Å². The molecule has 0 saturated heterocycles. The highest BCUT2D eigenvalue weighted by molar-refractivity contribution is 7.89. The lowest BCUT2D eigenvalue weighted by Gasteiger charge is -2.15. The fourth-order valence-corrected chi connectivity index (χ4v) is 3.29. The number of rotatable bonds is 5. The van der Waals surface area contributed by atoms with Crippen LogP contribution in [0.25, 0.3) is 0 Å². The van der Waals surface area contributed by atoms with Gasteiger partial charge in [0.1, 0.15) is 0 Å². The van der Waals surface area contributed by atoms with Crippen LogP contribution < -0.4 is 5.73 Å². The number of thiazole rings is 1. The topological polar surface area (TPSA) is 89.2 Å². The molecule has 0 bridgehead atoms. The van der Waals surface area contributed by atoms with Crippen LogP contribution in [0.4, 0.5) is 0 Å². The molecule has 0 radical (unpaired) electrons. The van der Waals surface area contributed by atoms with E-state index < -0.39 is 10.0 Å². The Kier molecular flexibility index (Phi) is 4.48. The summed E-state index contributed by atoms with van der Waals surface area (Å²) in [7, 11) is -2.09. The van der Waals surface area contributed by atoms with Crippen LogP contribution in [0.2, 0.25) is 0 Å². The molecule has 0 unspecified atom stereocenters. The van der Waals surface area contributed by atoms with E-state index in [0.717, 1.165) is 16.3 Å². The summed E-state index contributed by atoms with van der Waals surface area (Å²) < 4.78 is 25.9. The predicted octanol–water partition coefficient (Wildman–Crippen LogP) is 1.13. The summed E-state index contributed by atoms with van der Waals surface area (Å²) in [4.78, 5) is 8.22. The van der Waals surface area contributed by atoms with Crippen LogP contribution in [0, 0.1) is 6.92 Å². The van der Waals surface area contributed by atoms with E-state index >= 15 is 0 Å². The van der Waals surface area contributed by atoms with Crippen LogP contribution in [0.1, 0.15) is 16.3 Å². The fourth-order valence-electron chi connectivity index (χ4n) is 1.64. The lowest BCUT2D eigenvalue weighted by atomic mass is 10.3. The molecule has 6 nitrogen and oxygen atoms in total. The summed E-state index contributed by atoms with van der Waals surface area (Å²) >= 11 is 1.50. The lowest BCUT2D eigenvalue weighted by Crippen LogP contribution is -2.27. The summed E-state index contributed by atoms with van der Waals surface area (Å²) in [6.07, 6.45) is 1.48. The van der Waals surface area contributed by atoms with Crippen LogP contribution in [0.5, 0.6) is 0 Å². The monoisotopic (exact) mass is 312 g/mol. The van der Waals surface area contributed by atoms with Gasteiger partial charge in [-0.25, -0.2) is 18.4 Å². The molecule has 0 spiro atoms. The number of nitrogens with zero attached hydrogens (tertiary/aromatic N) is 3. The van der Waals surface area contributed by atoms with Gasteiger partial charge in [0, 0.05) is 25.2 Å². The van der Waals surface area contributed by atoms with Gasteiger partial charge in [-0.1, -0.05) is 6.07 Å². The Morgan fingerprint density at radius 2 is 2.15 bits per heavy atom. The molecule has 0 aliphatic carbocycles. The normalized spacial score (nSPS) is 12.0. The third-order valence-electron chi connectivity index (χ3n) is 2.76. The molecular formula is C12H16N4O2S2. The minimum absolute atomic E-state index is 0.0177. The smallest absolute Gasteiger partial charge is 0.260 e. The maximum absolute atomic E-state index is 12.4. The molecule has 0 aliphatic heterocycles. The first-order valence-corrected chi connectivity index (χ1v) is 8.28. The van der Waals surface area contributed by atoms with Gasteiger partial charge in [0.25, 0.3) is 10.0 Å². The molecule has 0 atom stereocenters. The summed E-state index contributed by atoms with van der Waals surface area (Å²) in [5.41, 5.74) is 6.99. The second-order valence-electron chi connectivity index (χ2n) is 4.33. The second kappa shape index (κ2) is 5.96. The van der Waals surface area contributed by atoms with Gasteiger partial charge in [-0.05, 0) is 18.6 Å². The number of aryl methyl sites for hydroxylation is 1. The lowest BCUT2D eigenvalue weighted by molar-refractivity contribution is 0.460. The zero-order valence-electron chi connectivity index (χ0n) is 11.3. The van der Waals surface area contributed by atoms with Crippen molar-refractivity contribution in [1.29, 1.82) is 0 Å². The van der Waals surface area contributed by atoms with Crippen LogP contribution in [-0.4, -0.2) is 29.7 Å². The number of hydrogen-bond acceptors (Lipinski definition) is 6. The third kappa shape index (κ3) is 3.21. The average molecular weight is 312 g/mol. The van der Waals surface area contributed by atoms with Gasteiger partial charge in [0.15, 0.2) is 5.03 Å². The molecule has 0 amide bonds. The summed E-state index contributed by atoms with van der Waals surface area (Å²) in [6.45, 7) is 2.45. The molecule has 0 aliphatic rings. The highest BCUT2D eigenvalue weighted by Crippen LogP contribution is 2.16. The minimum Gasteiger partial charge on any atom is -0.326 e. The Morgan fingerprint density at radius 3 is 2.65 bits per heavy atom. The zero-order chi connectivity index (χ0) is 14.8. The Bertz CT molecular complexity index is 680. The van der Waals surface area contributed by atoms with Gasteiger partial charge in [0.05, 0.1) is 17.2 Å². The largest absolute Gasteiger partial charge is 0.326 e. The maximum atomic E-state index is 12.4. The standard InChI is InChI=1S/C12H16N4O2S2/c1-9-15-11(8-19-9)7-16(2)20(17,18)12-4-3-10(5-13)6-14-12/h3-4,6,8H,5,7,13H2,1-2H3. The molecule has 2 aromatic rings. The quantitative estimate of drug-likeness (QED) is 0.894. The van der Waals surface area contributed by atoms with E-state index in [1.165, 1.54) is 35.0 Å². The minimum atomic E-state index is -3.61. The number of sulfonamides is 1. The van der Waals surface area contributed by atoms with Gasteiger partial charge in [0.2, 0.25) is 0 Å². The molecule has 2 N–H and O–H groups in total. The first-order valence-electron chi connectivity index (χ1n) is 5.96. The molecule has 8 heteroatoms. The molecule has 0 aromatic carbocycles. The van der Waals surface area contributed by atoms with E-state index in [2.05, 4.69) is 9.97 Å². The molecule has 2 rings (SSSR count). The van der Waals surface area contributed by atoms with Crippen molar-refractivity contribution in [3.8, 4) is 0 Å². The summed E-state index contributed by atoms with van der Waals surface area (Å²) in [5.74, 6) is 0. The van der Waals surface area contributed by atoms with E-state index in [1.807, 2.05) is 12.3 Å². The fraction of sp³-hybridized carbons (Fsp3) is 0.333. The van der Waals surface area contributed by atoms with E-state index in [0.29, 0.717) is 6.54 Å². The van der Waals surface area contributed by atoms with Gasteiger partial charge in [-0.15, -0.1) is 11.3 Å². The van der Waals surface area contributed by atoms with Crippen molar-refractivity contribution in [1.82, 2.24) is 14.3 Å². The number of hydrogen-bond donors (Lipinski definition) is 1. The molecule has 2 aromatic heterocycles. The highest BCUT2D eigenvalue weighted by atomic mass is 32.2. The average Bonchev–Trinajstić information content (AvgIpc) is 2.84. The van der Waals surface area contributed by atoms with Crippen LogP contribution in [-0.2, 0) is 23.1 Å². The van der Waals surface area contributed by atoms with Gasteiger partial charge < -0.3 is 5.73 Å². The first-order chi connectivity index (χ1) is 9.43. The SMILES string of the molecule is Cc1nc(CN(C)S(=O)(=O)c2ccc(CN)cn2)cs1. The molecule has 108 valence electrons.